The zero-order chi connectivity index (χ0) is 11.1. The van der Waals surface area contributed by atoms with E-state index in [9.17, 15) is 4.79 Å². The molecular weight excluding hydrogens is 188 g/mol. The van der Waals surface area contributed by atoms with E-state index < -0.39 is 0 Å². The fourth-order valence-corrected chi connectivity index (χ4v) is 1.36. The molecule has 0 aliphatic carbocycles. The third kappa shape index (κ3) is 3.58. The molecule has 0 spiro atoms. The van der Waals surface area contributed by atoms with Crippen LogP contribution in [0.15, 0.2) is 36.4 Å². The average Bonchev–Trinajstić information content (AvgIpc) is 2.21. The normalized spacial score (nSPS) is 10.5. The Balaban J connectivity index is 2.79. The van der Waals surface area contributed by atoms with Gasteiger partial charge in [0.15, 0.2) is 0 Å². The Labute approximate surface area is 90.6 Å². The standard InChI is InChI=1S/C13H16O2/c1-3-7-11-9-5-6-10-12(11)15-13(14)8-4-2/h4-6,8-10H,3,7H2,1-2H3. The summed E-state index contributed by atoms with van der Waals surface area (Å²) in [7, 11) is 0. The Morgan fingerprint density at radius 3 is 2.80 bits per heavy atom. The van der Waals surface area contributed by atoms with E-state index in [1.165, 1.54) is 6.08 Å². The number of hydrogen-bond donors (Lipinski definition) is 0. The molecule has 0 amide bonds. The van der Waals surface area contributed by atoms with Gasteiger partial charge in [-0.3, -0.25) is 0 Å². The smallest absolute Gasteiger partial charge is 0.335 e. The van der Waals surface area contributed by atoms with Gasteiger partial charge in [0.1, 0.15) is 5.75 Å². The van der Waals surface area contributed by atoms with Crippen LogP contribution in [0.5, 0.6) is 5.75 Å². The van der Waals surface area contributed by atoms with E-state index in [1.807, 2.05) is 24.3 Å². The highest BCUT2D eigenvalue weighted by atomic mass is 16.5. The molecule has 1 aromatic carbocycles. The molecule has 15 heavy (non-hydrogen) atoms. The van der Waals surface area contributed by atoms with Crippen molar-refractivity contribution in [2.75, 3.05) is 0 Å². The van der Waals surface area contributed by atoms with Crippen molar-refractivity contribution >= 4 is 5.97 Å². The maximum Gasteiger partial charge on any atom is 0.335 e. The zero-order valence-corrected chi connectivity index (χ0v) is 9.19. The van der Waals surface area contributed by atoms with Crippen molar-refractivity contribution < 1.29 is 9.53 Å². The van der Waals surface area contributed by atoms with Gasteiger partial charge in [-0.05, 0) is 25.0 Å². The summed E-state index contributed by atoms with van der Waals surface area (Å²) >= 11 is 0. The fourth-order valence-electron chi connectivity index (χ4n) is 1.36. The van der Waals surface area contributed by atoms with E-state index in [2.05, 4.69) is 6.92 Å². The molecule has 2 nitrogen and oxygen atoms in total. The minimum atomic E-state index is -0.318. The number of benzene rings is 1. The van der Waals surface area contributed by atoms with Crippen LogP contribution >= 0.6 is 0 Å². The first-order valence-corrected chi connectivity index (χ1v) is 5.20. The SMILES string of the molecule is CC=CC(=O)Oc1ccccc1CCC. The Morgan fingerprint density at radius 2 is 2.13 bits per heavy atom. The highest BCUT2D eigenvalue weighted by molar-refractivity contribution is 5.84. The van der Waals surface area contributed by atoms with Crippen molar-refractivity contribution in [2.45, 2.75) is 26.7 Å². The van der Waals surface area contributed by atoms with Gasteiger partial charge in [-0.15, -0.1) is 0 Å². The summed E-state index contributed by atoms with van der Waals surface area (Å²) in [6.07, 6.45) is 5.06. The van der Waals surface area contributed by atoms with Crippen LogP contribution in [0.4, 0.5) is 0 Å². The van der Waals surface area contributed by atoms with Crippen LogP contribution in [-0.2, 0) is 11.2 Å². The molecule has 0 N–H and O–H groups in total. The molecule has 1 aromatic rings. The predicted molar refractivity (Wildman–Crippen MR) is 60.9 cm³/mol. The number of esters is 1. The van der Waals surface area contributed by atoms with E-state index in [0.29, 0.717) is 5.75 Å². The molecule has 0 aliphatic heterocycles. The van der Waals surface area contributed by atoms with Crippen molar-refractivity contribution in [3.05, 3.63) is 42.0 Å². The first-order valence-electron chi connectivity index (χ1n) is 5.20. The van der Waals surface area contributed by atoms with Gasteiger partial charge in [0.2, 0.25) is 0 Å². The summed E-state index contributed by atoms with van der Waals surface area (Å²) in [4.78, 5) is 11.3. The zero-order valence-electron chi connectivity index (χ0n) is 9.19. The fraction of sp³-hybridized carbons (Fsp3) is 0.308. The van der Waals surface area contributed by atoms with Gasteiger partial charge in [-0.1, -0.05) is 37.6 Å². The molecule has 0 saturated carbocycles. The maximum atomic E-state index is 11.3. The minimum absolute atomic E-state index is 0.318. The lowest BCUT2D eigenvalue weighted by molar-refractivity contribution is -0.129. The van der Waals surface area contributed by atoms with Gasteiger partial charge < -0.3 is 4.74 Å². The summed E-state index contributed by atoms with van der Waals surface area (Å²) in [6.45, 7) is 3.89. The van der Waals surface area contributed by atoms with Crippen molar-refractivity contribution in [2.24, 2.45) is 0 Å². The number of hydrogen-bond acceptors (Lipinski definition) is 2. The molecule has 80 valence electrons. The van der Waals surface area contributed by atoms with Crippen molar-refractivity contribution in [1.29, 1.82) is 0 Å². The number of carbonyl (C=O) groups excluding carboxylic acids is 1. The quantitative estimate of drug-likeness (QED) is 0.428. The Morgan fingerprint density at radius 1 is 1.40 bits per heavy atom. The van der Waals surface area contributed by atoms with Crippen LogP contribution in [0.2, 0.25) is 0 Å². The molecule has 0 radical (unpaired) electrons. The topological polar surface area (TPSA) is 26.3 Å². The molecule has 1 rings (SSSR count). The van der Waals surface area contributed by atoms with Gasteiger partial charge in [-0.25, -0.2) is 4.79 Å². The van der Waals surface area contributed by atoms with Crippen LogP contribution in [0, 0.1) is 0 Å². The molecule has 0 unspecified atom stereocenters. The number of aryl methyl sites for hydroxylation is 1. The lowest BCUT2D eigenvalue weighted by Gasteiger charge is -2.07. The van der Waals surface area contributed by atoms with Crippen molar-refractivity contribution in [3.63, 3.8) is 0 Å². The van der Waals surface area contributed by atoms with Crippen LogP contribution < -0.4 is 4.74 Å². The van der Waals surface area contributed by atoms with Crippen LogP contribution in [0.1, 0.15) is 25.8 Å². The first-order chi connectivity index (χ1) is 7.27. The number of allylic oxidation sites excluding steroid dienone is 1. The third-order valence-electron chi connectivity index (χ3n) is 2.01. The molecule has 0 fully saturated rings. The summed E-state index contributed by atoms with van der Waals surface area (Å²) in [5.74, 6) is 0.350. The molecule has 0 heterocycles. The maximum absolute atomic E-state index is 11.3. The Kier molecular flexibility index (Phi) is 4.61. The molecule has 0 atom stereocenters. The van der Waals surface area contributed by atoms with Crippen LogP contribution in [-0.4, -0.2) is 5.97 Å². The molecule has 2 heteroatoms. The van der Waals surface area contributed by atoms with Crippen molar-refractivity contribution in [3.8, 4) is 5.75 Å². The summed E-state index contributed by atoms with van der Waals surface area (Å²) < 4.78 is 5.21. The highest BCUT2D eigenvalue weighted by Crippen LogP contribution is 2.19. The largest absolute Gasteiger partial charge is 0.423 e. The average molecular weight is 204 g/mol. The van der Waals surface area contributed by atoms with E-state index >= 15 is 0 Å². The second-order valence-corrected chi connectivity index (χ2v) is 3.28. The summed E-state index contributed by atoms with van der Waals surface area (Å²) in [5, 5.41) is 0. The molecule has 0 saturated heterocycles. The van der Waals surface area contributed by atoms with E-state index in [-0.39, 0.29) is 5.97 Å². The van der Waals surface area contributed by atoms with Gasteiger partial charge >= 0.3 is 5.97 Å². The van der Waals surface area contributed by atoms with E-state index in [0.717, 1.165) is 18.4 Å². The molecular formula is C13H16O2. The minimum Gasteiger partial charge on any atom is -0.423 e. The van der Waals surface area contributed by atoms with Gasteiger partial charge in [0, 0.05) is 6.08 Å². The van der Waals surface area contributed by atoms with Crippen LogP contribution in [0.3, 0.4) is 0 Å². The monoisotopic (exact) mass is 204 g/mol. The van der Waals surface area contributed by atoms with E-state index in [4.69, 9.17) is 4.74 Å². The lowest BCUT2D eigenvalue weighted by atomic mass is 10.1. The number of rotatable bonds is 4. The summed E-state index contributed by atoms with van der Waals surface area (Å²) in [6, 6.07) is 7.64. The first kappa shape index (κ1) is 11.5. The number of para-hydroxylation sites is 1. The summed E-state index contributed by atoms with van der Waals surface area (Å²) in [5.41, 5.74) is 1.08. The van der Waals surface area contributed by atoms with E-state index in [1.54, 1.807) is 13.0 Å². The highest BCUT2D eigenvalue weighted by Gasteiger charge is 2.04. The Hall–Kier alpha value is -1.57. The predicted octanol–water partition coefficient (Wildman–Crippen LogP) is 3.12. The third-order valence-corrected chi connectivity index (χ3v) is 2.01. The van der Waals surface area contributed by atoms with Crippen LogP contribution in [0.25, 0.3) is 0 Å². The number of ether oxygens (including phenoxy) is 1. The van der Waals surface area contributed by atoms with Crippen molar-refractivity contribution in [1.82, 2.24) is 0 Å². The van der Waals surface area contributed by atoms with Gasteiger partial charge in [-0.2, -0.15) is 0 Å². The second kappa shape index (κ2) is 6.02. The number of carbonyl (C=O) groups is 1. The lowest BCUT2D eigenvalue weighted by Crippen LogP contribution is -2.05. The van der Waals surface area contributed by atoms with Gasteiger partial charge in [0.05, 0.1) is 0 Å². The molecule has 0 aromatic heterocycles. The molecule has 0 bridgehead atoms. The second-order valence-electron chi connectivity index (χ2n) is 3.28. The molecule has 0 aliphatic rings. The van der Waals surface area contributed by atoms with Gasteiger partial charge in [0.25, 0.3) is 0 Å². The Bertz CT molecular complexity index is 353.